The van der Waals surface area contributed by atoms with Crippen LogP contribution in [0.5, 0.6) is 0 Å². The number of hydrogen-bond acceptors (Lipinski definition) is 4. The fourth-order valence-electron chi connectivity index (χ4n) is 2.43. The molecule has 0 saturated heterocycles. The highest BCUT2D eigenvalue weighted by Crippen LogP contribution is 2.10. The van der Waals surface area contributed by atoms with Crippen LogP contribution in [0, 0.1) is 0 Å². The van der Waals surface area contributed by atoms with Crippen LogP contribution in [0.25, 0.3) is 0 Å². The number of carbonyl (C=O) groups excluding carboxylic acids is 1. The molecule has 0 saturated carbocycles. The predicted molar refractivity (Wildman–Crippen MR) is 93.4 cm³/mol. The molecule has 3 aromatic rings. The van der Waals surface area contributed by atoms with Gasteiger partial charge < -0.3 is 8.98 Å². The monoisotopic (exact) mass is 337 g/mol. The van der Waals surface area contributed by atoms with Gasteiger partial charge in [0.2, 0.25) is 0 Å². The van der Waals surface area contributed by atoms with Crippen LogP contribution < -0.4 is 11.0 Å². The van der Waals surface area contributed by atoms with Gasteiger partial charge in [0, 0.05) is 24.5 Å². The number of nitrogens with zero attached hydrogens (tertiary/aromatic N) is 3. The quantitative estimate of drug-likeness (QED) is 0.733. The van der Waals surface area contributed by atoms with Gasteiger partial charge in [-0.15, -0.1) is 0 Å². The summed E-state index contributed by atoms with van der Waals surface area (Å²) in [5, 5.41) is 0. The summed E-state index contributed by atoms with van der Waals surface area (Å²) in [6.07, 6.45) is 3.34. The van der Waals surface area contributed by atoms with Gasteiger partial charge in [0.1, 0.15) is 11.2 Å². The smallest absolute Gasteiger partial charge is 0.299 e. The molecule has 0 aliphatic carbocycles. The number of aromatic nitrogens is 2. The van der Waals surface area contributed by atoms with Crippen molar-refractivity contribution in [3.8, 4) is 0 Å². The Bertz CT molecular complexity index is 1010. The standard InChI is InChI=1S/C19H19N3O3/c1-14(2)20-17-7-3-6-12-22(17)19(24)16-10-9-15(25-16)13-21-11-5-4-8-18(21)23/h3-12,14H,13H2,1-2H3. The first-order valence-electron chi connectivity index (χ1n) is 8.05. The molecule has 0 aliphatic heterocycles. The third kappa shape index (κ3) is 3.85. The molecule has 3 rings (SSSR count). The molecular formula is C19H19N3O3. The zero-order chi connectivity index (χ0) is 17.8. The van der Waals surface area contributed by atoms with Crippen LogP contribution in [-0.4, -0.2) is 21.1 Å². The molecule has 0 bridgehead atoms. The van der Waals surface area contributed by atoms with Crippen LogP contribution in [0.1, 0.15) is 30.2 Å². The highest BCUT2D eigenvalue weighted by atomic mass is 16.4. The maximum Gasteiger partial charge on any atom is 0.299 e. The summed E-state index contributed by atoms with van der Waals surface area (Å²) >= 11 is 0. The van der Waals surface area contributed by atoms with Crippen molar-refractivity contribution in [3.05, 3.63) is 88.3 Å². The van der Waals surface area contributed by atoms with Gasteiger partial charge in [-0.2, -0.15) is 0 Å². The molecule has 0 radical (unpaired) electrons. The van der Waals surface area contributed by atoms with Crippen molar-refractivity contribution in [1.82, 2.24) is 9.13 Å². The van der Waals surface area contributed by atoms with Crippen LogP contribution in [-0.2, 0) is 6.54 Å². The Morgan fingerprint density at radius 3 is 2.60 bits per heavy atom. The second-order valence-electron chi connectivity index (χ2n) is 5.89. The molecule has 0 aliphatic rings. The third-order valence-corrected chi connectivity index (χ3v) is 3.55. The lowest BCUT2D eigenvalue weighted by atomic mass is 10.3. The van der Waals surface area contributed by atoms with Gasteiger partial charge in [-0.05, 0) is 44.2 Å². The molecule has 25 heavy (non-hydrogen) atoms. The molecular weight excluding hydrogens is 318 g/mol. The topological polar surface area (TPSA) is 69.5 Å². The lowest BCUT2D eigenvalue weighted by Crippen LogP contribution is -2.27. The number of furan rings is 1. The fourth-order valence-corrected chi connectivity index (χ4v) is 2.43. The summed E-state index contributed by atoms with van der Waals surface area (Å²) in [7, 11) is 0. The lowest BCUT2D eigenvalue weighted by molar-refractivity contribution is 0.0925. The first-order valence-corrected chi connectivity index (χ1v) is 8.05. The Hall–Kier alpha value is -3.15. The van der Waals surface area contributed by atoms with Crippen molar-refractivity contribution in [2.45, 2.75) is 26.4 Å². The minimum Gasteiger partial charge on any atom is -0.454 e. The fraction of sp³-hybridized carbons (Fsp3) is 0.211. The Labute approximate surface area is 144 Å². The van der Waals surface area contributed by atoms with E-state index < -0.39 is 0 Å². The molecule has 0 unspecified atom stereocenters. The van der Waals surface area contributed by atoms with Crippen molar-refractivity contribution in [2.75, 3.05) is 0 Å². The van der Waals surface area contributed by atoms with Crippen molar-refractivity contribution in [1.29, 1.82) is 0 Å². The van der Waals surface area contributed by atoms with Crippen molar-refractivity contribution in [2.24, 2.45) is 4.99 Å². The molecule has 3 heterocycles. The number of pyridine rings is 2. The molecule has 6 heteroatoms. The van der Waals surface area contributed by atoms with E-state index in [1.54, 1.807) is 48.8 Å². The van der Waals surface area contributed by atoms with E-state index in [9.17, 15) is 9.59 Å². The maximum atomic E-state index is 12.7. The molecule has 128 valence electrons. The van der Waals surface area contributed by atoms with Gasteiger partial charge in [0.25, 0.3) is 11.5 Å². The van der Waals surface area contributed by atoms with Gasteiger partial charge >= 0.3 is 0 Å². The summed E-state index contributed by atoms with van der Waals surface area (Å²) in [4.78, 5) is 28.9. The van der Waals surface area contributed by atoms with E-state index in [2.05, 4.69) is 4.99 Å². The van der Waals surface area contributed by atoms with Gasteiger partial charge in [-0.25, -0.2) is 0 Å². The van der Waals surface area contributed by atoms with Crippen molar-refractivity contribution < 1.29 is 9.21 Å². The lowest BCUT2D eigenvalue weighted by Gasteiger charge is -2.05. The predicted octanol–water partition coefficient (Wildman–Crippen LogP) is 2.29. The molecule has 6 nitrogen and oxygen atoms in total. The highest BCUT2D eigenvalue weighted by molar-refractivity contribution is 5.93. The summed E-state index contributed by atoms with van der Waals surface area (Å²) < 4.78 is 8.62. The number of rotatable bonds is 4. The molecule has 0 spiro atoms. The zero-order valence-corrected chi connectivity index (χ0v) is 14.1. The average Bonchev–Trinajstić information content (AvgIpc) is 3.05. The summed E-state index contributed by atoms with van der Waals surface area (Å²) in [6, 6.07) is 13.7. The van der Waals surface area contributed by atoms with Crippen LogP contribution in [0.2, 0.25) is 0 Å². The van der Waals surface area contributed by atoms with Gasteiger partial charge in [0.05, 0.1) is 6.54 Å². The Morgan fingerprint density at radius 2 is 1.84 bits per heavy atom. The second-order valence-corrected chi connectivity index (χ2v) is 5.89. The van der Waals surface area contributed by atoms with Gasteiger partial charge in [-0.1, -0.05) is 12.1 Å². The first-order chi connectivity index (χ1) is 12.0. The third-order valence-electron chi connectivity index (χ3n) is 3.55. The minimum absolute atomic E-state index is 0.0681. The normalized spacial score (nSPS) is 11.9. The molecule has 0 atom stereocenters. The number of hydrogen-bond donors (Lipinski definition) is 0. The molecule has 0 amide bonds. The SMILES string of the molecule is CC(C)N=c1ccccn1C(=O)c1ccc(Cn2ccccc2=O)o1. The second kappa shape index (κ2) is 7.17. The number of carbonyl (C=O) groups is 1. The first kappa shape index (κ1) is 16.7. The van der Waals surface area contributed by atoms with E-state index in [1.807, 2.05) is 19.9 Å². The van der Waals surface area contributed by atoms with Crippen LogP contribution >= 0.6 is 0 Å². The summed E-state index contributed by atoms with van der Waals surface area (Å²) in [5.41, 5.74) is 0.446. The molecule has 3 aromatic heterocycles. The van der Waals surface area contributed by atoms with Gasteiger partial charge in [-0.3, -0.25) is 19.1 Å². The van der Waals surface area contributed by atoms with E-state index in [0.717, 1.165) is 0 Å². The van der Waals surface area contributed by atoms with Crippen LogP contribution in [0.4, 0.5) is 0 Å². The van der Waals surface area contributed by atoms with Crippen LogP contribution in [0.15, 0.2) is 75.1 Å². The summed E-state index contributed by atoms with van der Waals surface area (Å²) in [5.74, 6) is 0.442. The van der Waals surface area contributed by atoms with E-state index in [0.29, 0.717) is 11.2 Å². The minimum atomic E-state index is -0.299. The van der Waals surface area contributed by atoms with Crippen molar-refractivity contribution in [3.63, 3.8) is 0 Å². The average molecular weight is 337 g/mol. The molecule has 0 N–H and O–H groups in total. The Kier molecular flexibility index (Phi) is 4.79. The molecule has 0 fully saturated rings. The Morgan fingerprint density at radius 1 is 1.08 bits per heavy atom. The summed E-state index contributed by atoms with van der Waals surface area (Å²) in [6.45, 7) is 4.17. The Balaban J connectivity index is 1.90. The maximum absolute atomic E-state index is 12.7. The van der Waals surface area contributed by atoms with Gasteiger partial charge in [0.15, 0.2) is 5.76 Å². The zero-order valence-electron chi connectivity index (χ0n) is 14.1. The van der Waals surface area contributed by atoms with E-state index >= 15 is 0 Å². The van der Waals surface area contributed by atoms with E-state index in [-0.39, 0.29) is 29.8 Å². The van der Waals surface area contributed by atoms with Crippen LogP contribution in [0.3, 0.4) is 0 Å². The molecule has 0 aromatic carbocycles. The van der Waals surface area contributed by atoms with Crippen molar-refractivity contribution >= 4 is 5.91 Å². The van der Waals surface area contributed by atoms with E-state index in [1.165, 1.54) is 15.2 Å². The van der Waals surface area contributed by atoms with E-state index in [4.69, 9.17) is 4.42 Å². The highest BCUT2D eigenvalue weighted by Gasteiger charge is 2.14. The largest absolute Gasteiger partial charge is 0.454 e.